The average Bonchev–Trinajstić information content (AvgIpc) is 3.12. The number of carbonyl (C=O) groups excluding carboxylic acids is 3. The van der Waals surface area contributed by atoms with E-state index < -0.39 is 11.1 Å². The number of Topliss-reactive ketones (excluding diaryl/α,β-unsaturated/α-hetero) is 1. The molecule has 1 fully saturated rings. The predicted molar refractivity (Wildman–Crippen MR) is 140 cm³/mol. The van der Waals surface area contributed by atoms with Crippen LogP contribution in [0.15, 0.2) is 82.2 Å². The van der Waals surface area contributed by atoms with Crippen molar-refractivity contribution in [2.75, 3.05) is 13.2 Å². The standard InChI is InChI=1S/C27H22BrNO5S/c1-2-33-23-14-19(13-21(28)25(23)34-17-18-9-5-3-6-10-18)15-24-26(31)29(27(32)35-24)16-22(30)20-11-7-4-8-12-20/h3-15H,2,16-17H2,1H3/b24-15+. The molecule has 0 spiro atoms. The van der Waals surface area contributed by atoms with Crippen molar-refractivity contribution >= 4 is 50.7 Å². The zero-order chi connectivity index (χ0) is 24.8. The number of amides is 2. The first-order chi connectivity index (χ1) is 17.0. The molecule has 0 unspecified atom stereocenters. The fourth-order valence-electron chi connectivity index (χ4n) is 3.45. The number of carbonyl (C=O) groups is 3. The first-order valence-corrected chi connectivity index (χ1v) is 12.5. The van der Waals surface area contributed by atoms with Crippen molar-refractivity contribution in [3.8, 4) is 11.5 Å². The molecular formula is C27H22BrNO5S. The highest BCUT2D eigenvalue weighted by Crippen LogP contribution is 2.39. The Morgan fingerprint density at radius 2 is 1.69 bits per heavy atom. The van der Waals surface area contributed by atoms with Crippen LogP contribution in [0.5, 0.6) is 11.5 Å². The molecule has 6 nitrogen and oxygen atoms in total. The Balaban J connectivity index is 1.53. The summed E-state index contributed by atoms with van der Waals surface area (Å²) < 4.78 is 12.4. The first-order valence-electron chi connectivity index (χ1n) is 10.9. The molecule has 4 rings (SSSR count). The number of thioether (sulfide) groups is 1. The van der Waals surface area contributed by atoms with Crippen LogP contribution in [0.4, 0.5) is 4.79 Å². The fourth-order valence-corrected chi connectivity index (χ4v) is 4.86. The van der Waals surface area contributed by atoms with Gasteiger partial charge in [-0.1, -0.05) is 60.7 Å². The molecule has 0 aromatic heterocycles. The summed E-state index contributed by atoms with van der Waals surface area (Å²) in [7, 11) is 0. The van der Waals surface area contributed by atoms with Crippen LogP contribution in [-0.2, 0) is 11.4 Å². The molecule has 0 aliphatic carbocycles. The van der Waals surface area contributed by atoms with Crippen molar-refractivity contribution in [3.05, 3.63) is 98.9 Å². The second-order valence-electron chi connectivity index (χ2n) is 7.59. The maximum Gasteiger partial charge on any atom is 0.293 e. The average molecular weight is 552 g/mol. The van der Waals surface area contributed by atoms with Gasteiger partial charge in [0.25, 0.3) is 11.1 Å². The van der Waals surface area contributed by atoms with Gasteiger partial charge in [0.05, 0.1) is 22.5 Å². The maximum absolute atomic E-state index is 12.9. The fraction of sp³-hybridized carbons (Fsp3) is 0.148. The van der Waals surface area contributed by atoms with Crippen molar-refractivity contribution in [1.29, 1.82) is 0 Å². The third-order valence-corrected chi connectivity index (χ3v) is 6.62. The first kappa shape index (κ1) is 24.8. The summed E-state index contributed by atoms with van der Waals surface area (Å²) in [5.41, 5.74) is 2.13. The number of imide groups is 1. The van der Waals surface area contributed by atoms with Gasteiger partial charge in [-0.05, 0) is 64.0 Å². The lowest BCUT2D eigenvalue weighted by Crippen LogP contribution is -2.33. The van der Waals surface area contributed by atoms with Crippen molar-refractivity contribution in [3.63, 3.8) is 0 Å². The van der Waals surface area contributed by atoms with E-state index in [0.29, 0.717) is 40.3 Å². The summed E-state index contributed by atoms with van der Waals surface area (Å²) in [5, 5.41) is -0.475. The summed E-state index contributed by atoms with van der Waals surface area (Å²) in [6.07, 6.45) is 1.62. The number of nitrogens with zero attached hydrogens (tertiary/aromatic N) is 1. The molecule has 3 aromatic carbocycles. The van der Waals surface area contributed by atoms with Gasteiger partial charge < -0.3 is 9.47 Å². The molecule has 0 radical (unpaired) electrons. The van der Waals surface area contributed by atoms with Gasteiger partial charge in [-0.3, -0.25) is 19.3 Å². The molecule has 1 saturated heterocycles. The summed E-state index contributed by atoms with van der Waals surface area (Å²) in [4.78, 5) is 39.1. The zero-order valence-corrected chi connectivity index (χ0v) is 21.3. The lowest BCUT2D eigenvalue weighted by atomic mass is 10.1. The minimum Gasteiger partial charge on any atom is -0.490 e. The Morgan fingerprint density at radius 1 is 1.00 bits per heavy atom. The van der Waals surface area contributed by atoms with Gasteiger partial charge in [0.1, 0.15) is 6.61 Å². The molecular weight excluding hydrogens is 530 g/mol. The van der Waals surface area contributed by atoms with E-state index in [4.69, 9.17) is 9.47 Å². The summed E-state index contributed by atoms with van der Waals surface area (Å²) in [6, 6.07) is 21.9. The maximum atomic E-state index is 12.9. The van der Waals surface area contributed by atoms with E-state index in [1.807, 2.05) is 37.3 Å². The highest BCUT2D eigenvalue weighted by atomic mass is 79.9. The zero-order valence-electron chi connectivity index (χ0n) is 18.9. The number of benzene rings is 3. The molecule has 1 aliphatic rings. The molecule has 35 heavy (non-hydrogen) atoms. The summed E-state index contributed by atoms with van der Waals surface area (Å²) in [6.45, 7) is 2.37. The van der Waals surface area contributed by atoms with Gasteiger partial charge >= 0.3 is 0 Å². The van der Waals surface area contributed by atoms with Crippen molar-refractivity contribution in [2.45, 2.75) is 13.5 Å². The number of ether oxygens (including phenoxy) is 2. The lowest BCUT2D eigenvalue weighted by molar-refractivity contribution is -0.122. The second-order valence-corrected chi connectivity index (χ2v) is 9.44. The third kappa shape index (κ3) is 6.01. The van der Waals surface area contributed by atoms with Crippen LogP contribution < -0.4 is 9.47 Å². The number of rotatable bonds is 9. The molecule has 2 amide bonds. The molecule has 1 aliphatic heterocycles. The molecule has 8 heteroatoms. The highest BCUT2D eigenvalue weighted by molar-refractivity contribution is 9.10. The van der Waals surface area contributed by atoms with E-state index in [1.165, 1.54) is 0 Å². The molecule has 0 saturated carbocycles. The number of ketones is 1. The molecule has 3 aromatic rings. The summed E-state index contributed by atoms with van der Waals surface area (Å²) in [5.74, 6) is 0.273. The van der Waals surface area contributed by atoms with Crippen LogP contribution >= 0.6 is 27.7 Å². The highest BCUT2D eigenvalue weighted by Gasteiger charge is 2.36. The van der Waals surface area contributed by atoms with Gasteiger partial charge in [-0.15, -0.1) is 0 Å². The normalized spacial score (nSPS) is 14.5. The van der Waals surface area contributed by atoms with Gasteiger partial charge in [-0.2, -0.15) is 0 Å². The van der Waals surface area contributed by atoms with Crippen LogP contribution in [-0.4, -0.2) is 35.0 Å². The minimum absolute atomic E-state index is 0.239. The molecule has 0 N–H and O–H groups in total. The van der Waals surface area contributed by atoms with E-state index in [2.05, 4.69) is 15.9 Å². The van der Waals surface area contributed by atoms with E-state index >= 15 is 0 Å². The van der Waals surface area contributed by atoms with Gasteiger partial charge in [-0.25, -0.2) is 0 Å². The van der Waals surface area contributed by atoms with Crippen LogP contribution in [0.2, 0.25) is 0 Å². The Labute approximate surface area is 216 Å². The second kappa shape index (κ2) is 11.4. The van der Waals surface area contributed by atoms with Crippen LogP contribution in [0, 0.1) is 0 Å². The lowest BCUT2D eigenvalue weighted by Gasteiger charge is -2.15. The SMILES string of the molecule is CCOc1cc(/C=C2/SC(=O)N(CC(=O)c3ccccc3)C2=O)cc(Br)c1OCc1ccccc1. The smallest absolute Gasteiger partial charge is 0.293 e. The van der Waals surface area contributed by atoms with E-state index in [9.17, 15) is 14.4 Å². The van der Waals surface area contributed by atoms with Gasteiger partial charge in [0, 0.05) is 5.56 Å². The summed E-state index contributed by atoms with van der Waals surface area (Å²) >= 11 is 4.35. The Kier molecular flexibility index (Phi) is 8.05. The quantitative estimate of drug-likeness (QED) is 0.228. The monoisotopic (exact) mass is 551 g/mol. The number of hydrogen-bond donors (Lipinski definition) is 0. The van der Waals surface area contributed by atoms with E-state index in [-0.39, 0.29) is 17.2 Å². The largest absolute Gasteiger partial charge is 0.490 e. The van der Waals surface area contributed by atoms with Crippen LogP contribution in [0.3, 0.4) is 0 Å². The molecule has 1 heterocycles. The van der Waals surface area contributed by atoms with Crippen molar-refractivity contribution in [2.24, 2.45) is 0 Å². The topological polar surface area (TPSA) is 72.9 Å². The third-order valence-electron chi connectivity index (χ3n) is 5.13. The van der Waals surface area contributed by atoms with Crippen molar-refractivity contribution < 1.29 is 23.9 Å². The Hall–Kier alpha value is -3.36. The van der Waals surface area contributed by atoms with Crippen LogP contribution in [0.25, 0.3) is 6.08 Å². The molecule has 0 bridgehead atoms. The Bertz CT molecular complexity index is 1280. The van der Waals surface area contributed by atoms with Gasteiger partial charge in [0.15, 0.2) is 17.3 Å². The van der Waals surface area contributed by atoms with Crippen molar-refractivity contribution in [1.82, 2.24) is 4.90 Å². The Morgan fingerprint density at radius 3 is 2.37 bits per heavy atom. The van der Waals surface area contributed by atoms with Gasteiger partial charge in [0.2, 0.25) is 0 Å². The minimum atomic E-state index is -0.497. The van der Waals surface area contributed by atoms with E-state index in [0.717, 1.165) is 22.2 Å². The van der Waals surface area contributed by atoms with Crippen LogP contribution in [0.1, 0.15) is 28.4 Å². The predicted octanol–water partition coefficient (Wildman–Crippen LogP) is 6.35. The molecule has 0 atom stereocenters. The number of halogens is 1. The number of hydrogen-bond acceptors (Lipinski definition) is 6. The molecule has 178 valence electrons. The van der Waals surface area contributed by atoms with E-state index in [1.54, 1.807) is 48.5 Å².